The summed E-state index contributed by atoms with van der Waals surface area (Å²) in [5, 5.41) is 19.7. The van der Waals surface area contributed by atoms with Gasteiger partial charge >= 0.3 is 5.97 Å². The van der Waals surface area contributed by atoms with E-state index in [9.17, 15) is 15.0 Å². The van der Waals surface area contributed by atoms with E-state index in [2.05, 4.69) is 20.8 Å². The summed E-state index contributed by atoms with van der Waals surface area (Å²) in [6.07, 6.45) is 7.27. The van der Waals surface area contributed by atoms with Gasteiger partial charge < -0.3 is 14.7 Å². The van der Waals surface area contributed by atoms with Crippen LogP contribution < -0.4 is 0 Å². The number of aliphatic hydroxyl groups excluding tert-OH is 1. The SMILES string of the molecule is CCCCCCC(O)C[N+](CCC)(CCC)CC(C)C(=O)O. The summed E-state index contributed by atoms with van der Waals surface area (Å²) in [7, 11) is 0. The van der Waals surface area contributed by atoms with E-state index in [-0.39, 0.29) is 12.0 Å². The molecule has 0 amide bonds. The Hall–Kier alpha value is -0.610. The van der Waals surface area contributed by atoms with Crippen molar-refractivity contribution in [3.05, 3.63) is 0 Å². The predicted molar refractivity (Wildman–Crippen MR) is 91.9 cm³/mol. The van der Waals surface area contributed by atoms with Gasteiger partial charge in [0.15, 0.2) is 0 Å². The molecule has 0 aliphatic carbocycles. The Kier molecular flexibility index (Phi) is 11.6. The van der Waals surface area contributed by atoms with Crippen molar-refractivity contribution in [3.8, 4) is 0 Å². The van der Waals surface area contributed by atoms with Crippen LogP contribution in [-0.2, 0) is 4.79 Å². The third-order valence-electron chi connectivity index (χ3n) is 4.47. The van der Waals surface area contributed by atoms with Crippen molar-refractivity contribution in [3.63, 3.8) is 0 Å². The van der Waals surface area contributed by atoms with Crippen LogP contribution >= 0.6 is 0 Å². The molecular weight excluding hydrogens is 278 g/mol. The second kappa shape index (κ2) is 11.9. The highest BCUT2D eigenvalue weighted by Crippen LogP contribution is 2.18. The molecule has 2 atom stereocenters. The highest BCUT2D eigenvalue weighted by molar-refractivity contribution is 5.69. The average molecular weight is 317 g/mol. The van der Waals surface area contributed by atoms with Gasteiger partial charge in [0.05, 0.1) is 19.6 Å². The zero-order valence-electron chi connectivity index (χ0n) is 15.2. The minimum absolute atomic E-state index is 0.309. The number of carboxylic acids is 1. The van der Waals surface area contributed by atoms with Gasteiger partial charge in [-0.15, -0.1) is 0 Å². The molecule has 132 valence electrons. The smallest absolute Gasteiger partial charge is 0.311 e. The van der Waals surface area contributed by atoms with Crippen molar-refractivity contribution in [1.82, 2.24) is 0 Å². The van der Waals surface area contributed by atoms with Crippen molar-refractivity contribution in [1.29, 1.82) is 0 Å². The van der Waals surface area contributed by atoms with Crippen LogP contribution in [0.1, 0.15) is 72.6 Å². The fraction of sp³-hybridized carbons (Fsp3) is 0.944. The third kappa shape index (κ3) is 8.74. The third-order valence-corrected chi connectivity index (χ3v) is 4.47. The summed E-state index contributed by atoms with van der Waals surface area (Å²) >= 11 is 0. The van der Waals surface area contributed by atoms with Crippen LogP contribution in [0.2, 0.25) is 0 Å². The maximum Gasteiger partial charge on any atom is 0.311 e. The van der Waals surface area contributed by atoms with Crippen LogP contribution in [-0.4, -0.2) is 52.9 Å². The number of quaternary nitrogens is 1. The molecule has 0 aromatic rings. The van der Waals surface area contributed by atoms with Gasteiger partial charge in [0, 0.05) is 0 Å². The number of hydrogen-bond acceptors (Lipinski definition) is 2. The average Bonchev–Trinajstić information content (AvgIpc) is 2.44. The van der Waals surface area contributed by atoms with Gasteiger partial charge in [-0.3, -0.25) is 4.79 Å². The maximum absolute atomic E-state index is 11.2. The number of carboxylic acid groups (broad SMARTS) is 1. The van der Waals surface area contributed by atoms with Crippen LogP contribution in [0, 0.1) is 5.92 Å². The zero-order chi connectivity index (χ0) is 17.0. The molecule has 2 N–H and O–H groups in total. The van der Waals surface area contributed by atoms with Crippen LogP contribution in [0.25, 0.3) is 0 Å². The van der Waals surface area contributed by atoms with Gasteiger partial charge in [0.25, 0.3) is 0 Å². The number of nitrogens with zero attached hydrogens (tertiary/aromatic N) is 1. The lowest BCUT2D eigenvalue weighted by atomic mass is 10.0. The summed E-state index contributed by atoms with van der Waals surface area (Å²) in [4.78, 5) is 11.2. The van der Waals surface area contributed by atoms with Gasteiger partial charge in [-0.25, -0.2) is 0 Å². The largest absolute Gasteiger partial charge is 0.481 e. The van der Waals surface area contributed by atoms with Crippen molar-refractivity contribution in [2.75, 3.05) is 26.2 Å². The van der Waals surface area contributed by atoms with Crippen LogP contribution in [0.3, 0.4) is 0 Å². The zero-order valence-corrected chi connectivity index (χ0v) is 15.2. The van der Waals surface area contributed by atoms with E-state index in [1.807, 2.05) is 0 Å². The first kappa shape index (κ1) is 21.4. The van der Waals surface area contributed by atoms with Gasteiger partial charge in [-0.05, 0) is 26.2 Å². The van der Waals surface area contributed by atoms with Crippen molar-refractivity contribution >= 4 is 5.97 Å². The van der Waals surface area contributed by atoms with Crippen LogP contribution in [0.15, 0.2) is 0 Å². The standard InChI is InChI=1S/C18H37NO3/c1-5-8-9-10-11-17(20)15-19(12-6-2,13-7-3)14-16(4)18(21)22/h16-17,20H,5-15H2,1-4H3/p+1. The summed E-state index contributed by atoms with van der Waals surface area (Å²) in [6, 6.07) is 0. The summed E-state index contributed by atoms with van der Waals surface area (Å²) in [5.41, 5.74) is 0. The molecule has 4 heteroatoms. The highest BCUT2D eigenvalue weighted by atomic mass is 16.4. The molecule has 0 fully saturated rings. The van der Waals surface area contributed by atoms with Gasteiger partial charge in [-0.2, -0.15) is 0 Å². The second-order valence-corrected chi connectivity index (χ2v) is 6.90. The molecule has 22 heavy (non-hydrogen) atoms. The van der Waals surface area contributed by atoms with Gasteiger partial charge in [-0.1, -0.05) is 46.5 Å². The Balaban J connectivity index is 4.70. The van der Waals surface area contributed by atoms with E-state index in [4.69, 9.17) is 0 Å². The lowest BCUT2D eigenvalue weighted by molar-refractivity contribution is -0.933. The molecule has 0 radical (unpaired) electrons. The summed E-state index contributed by atoms with van der Waals surface area (Å²) in [5.74, 6) is -1.09. The Morgan fingerprint density at radius 3 is 2.00 bits per heavy atom. The van der Waals surface area contributed by atoms with E-state index in [0.717, 1.165) is 43.3 Å². The first-order chi connectivity index (χ1) is 10.4. The van der Waals surface area contributed by atoms with Crippen LogP contribution in [0.4, 0.5) is 0 Å². The van der Waals surface area contributed by atoms with Crippen molar-refractivity contribution in [2.24, 2.45) is 5.92 Å². The summed E-state index contributed by atoms with van der Waals surface area (Å²) in [6.45, 7) is 11.5. The van der Waals surface area contributed by atoms with Crippen molar-refractivity contribution < 1.29 is 19.5 Å². The lowest BCUT2D eigenvalue weighted by Gasteiger charge is -2.41. The number of unbranched alkanes of at least 4 members (excludes halogenated alkanes) is 3. The monoisotopic (exact) mass is 316 g/mol. The van der Waals surface area contributed by atoms with E-state index in [1.54, 1.807) is 6.92 Å². The molecule has 0 bridgehead atoms. The Morgan fingerprint density at radius 2 is 1.55 bits per heavy atom. The Bertz CT molecular complexity index is 288. The molecule has 0 rings (SSSR count). The second-order valence-electron chi connectivity index (χ2n) is 6.90. The molecule has 0 aromatic heterocycles. The molecule has 0 saturated heterocycles. The minimum Gasteiger partial charge on any atom is -0.481 e. The predicted octanol–water partition coefficient (Wildman–Crippen LogP) is 3.68. The number of hydrogen-bond donors (Lipinski definition) is 2. The normalized spacial score (nSPS) is 14.8. The van der Waals surface area contributed by atoms with E-state index < -0.39 is 5.97 Å². The molecule has 0 saturated carbocycles. The molecule has 0 aliphatic heterocycles. The minimum atomic E-state index is -0.729. The molecule has 0 heterocycles. The van der Waals surface area contributed by atoms with Crippen LogP contribution in [0.5, 0.6) is 0 Å². The maximum atomic E-state index is 11.2. The van der Waals surface area contributed by atoms with Crippen molar-refractivity contribution in [2.45, 2.75) is 78.7 Å². The number of carbonyl (C=O) groups is 1. The Morgan fingerprint density at radius 1 is 0.955 bits per heavy atom. The van der Waals surface area contributed by atoms with Gasteiger partial charge in [0.2, 0.25) is 0 Å². The first-order valence-electron chi connectivity index (χ1n) is 9.16. The molecular formula is C18H38NO3+. The lowest BCUT2D eigenvalue weighted by Crippen LogP contribution is -2.56. The topological polar surface area (TPSA) is 57.5 Å². The summed E-state index contributed by atoms with van der Waals surface area (Å²) < 4.78 is 0.745. The van der Waals surface area contributed by atoms with E-state index >= 15 is 0 Å². The molecule has 0 spiro atoms. The number of aliphatic hydroxyl groups is 1. The van der Waals surface area contributed by atoms with E-state index in [1.165, 1.54) is 19.3 Å². The molecule has 4 nitrogen and oxygen atoms in total. The first-order valence-corrected chi connectivity index (χ1v) is 9.16. The fourth-order valence-electron chi connectivity index (χ4n) is 3.50. The number of rotatable bonds is 14. The Labute approximate surface area is 137 Å². The van der Waals surface area contributed by atoms with Gasteiger partial charge in [0.1, 0.15) is 18.6 Å². The molecule has 0 aliphatic rings. The molecule has 2 unspecified atom stereocenters. The molecule has 0 aromatic carbocycles. The van der Waals surface area contributed by atoms with E-state index in [0.29, 0.717) is 13.1 Å². The highest BCUT2D eigenvalue weighted by Gasteiger charge is 2.32. The fourth-order valence-corrected chi connectivity index (χ4v) is 3.50. The quantitative estimate of drug-likeness (QED) is 0.380. The number of aliphatic carboxylic acids is 1.